The molecule has 1 saturated heterocycles. The highest BCUT2D eigenvalue weighted by Gasteiger charge is 2.16. The summed E-state index contributed by atoms with van der Waals surface area (Å²) in [5, 5.41) is 0. The molecule has 2 aromatic carbocycles. The highest BCUT2D eigenvalue weighted by molar-refractivity contribution is 9.10. The van der Waals surface area contributed by atoms with E-state index in [-0.39, 0.29) is 5.78 Å². The standard InChI is InChI=1S/C21H21BrFNO4/c1-26-20-12-14(16(22)13-21(20)27-2)4-6-19(25)15-3-5-18(17(23)11-15)24-7-9-28-10-8-24/h3-6,11-13H,7-10H2,1-2H3/b6-4+. The fraction of sp³-hybridized carbons (Fsp3) is 0.286. The van der Waals surface area contributed by atoms with E-state index in [9.17, 15) is 9.18 Å². The summed E-state index contributed by atoms with van der Waals surface area (Å²) in [5.74, 6) is 0.444. The maximum atomic E-state index is 14.5. The number of anilines is 1. The molecular weight excluding hydrogens is 429 g/mol. The van der Waals surface area contributed by atoms with Gasteiger partial charge in [-0.3, -0.25) is 4.79 Å². The van der Waals surface area contributed by atoms with Gasteiger partial charge in [0.25, 0.3) is 0 Å². The average molecular weight is 450 g/mol. The van der Waals surface area contributed by atoms with Crippen LogP contribution in [0.5, 0.6) is 11.5 Å². The number of carbonyl (C=O) groups excluding carboxylic acids is 1. The van der Waals surface area contributed by atoms with Gasteiger partial charge in [0.2, 0.25) is 0 Å². The van der Waals surface area contributed by atoms with Gasteiger partial charge in [-0.05, 0) is 48.0 Å². The molecule has 0 amide bonds. The zero-order valence-corrected chi connectivity index (χ0v) is 17.3. The van der Waals surface area contributed by atoms with Crippen molar-refractivity contribution in [3.05, 3.63) is 57.8 Å². The minimum Gasteiger partial charge on any atom is -0.493 e. The van der Waals surface area contributed by atoms with E-state index in [0.29, 0.717) is 49.1 Å². The van der Waals surface area contributed by atoms with Crippen LogP contribution in [-0.4, -0.2) is 46.3 Å². The van der Waals surface area contributed by atoms with Crippen LogP contribution in [0.15, 0.2) is 40.9 Å². The third-order valence-corrected chi connectivity index (χ3v) is 5.19. The topological polar surface area (TPSA) is 48.0 Å². The highest BCUT2D eigenvalue weighted by atomic mass is 79.9. The van der Waals surface area contributed by atoms with Crippen LogP contribution >= 0.6 is 15.9 Å². The maximum Gasteiger partial charge on any atom is 0.185 e. The molecular formula is C21H21BrFNO4. The Morgan fingerprint density at radius 1 is 1.14 bits per heavy atom. The van der Waals surface area contributed by atoms with E-state index in [2.05, 4.69) is 15.9 Å². The molecule has 7 heteroatoms. The normalized spacial score (nSPS) is 14.4. The third-order valence-electron chi connectivity index (χ3n) is 4.50. The van der Waals surface area contributed by atoms with Gasteiger partial charge in [0.1, 0.15) is 5.82 Å². The van der Waals surface area contributed by atoms with E-state index in [0.717, 1.165) is 10.0 Å². The van der Waals surface area contributed by atoms with Gasteiger partial charge in [0.15, 0.2) is 17.3 Å². The fourth-order valence-corrected chi connectivity index (χ4v) is 3.43. The van der Waals surface area contributed by atoms with Crippen LogP contribution in [0.2, 0.25) is 0 Å². The summed E-state index contributed by atoms with van der Waals surface area (Å²) in [6.07, 6.45) is 3.07. The van der Waals surface area contributed by atoms with Crippen LogP contribution in [0.3, 0.4) is 0 Å². The molecule has 2 aromatic rings. The second-order valence-electron chi connectivity index (χ2n) is 6.19. The smallest absolute Gasteiger partial charge is 0.185 e. The molecule has 1 aliphatic rings. The van der Waals surface area contributed by atoms with E-state index in [4.69, 9.17) is 14.2 Å². The number of halogens is 2. The first-order valence-corrected chi connectivity index (χ1v) is 9.59. The van der Waals surface area contributed by atoms with Crippen LogP contribution in [0, 0.1) is 5.82 Å². The first-order chi connectivity index (χ1) is 13.5. The zero-order valence-electron chi connectivity index (χ0n) is 15.7. The number of nitrogens with zero attached hydrogens (tertiary/aromatic N) is 1. The van der Waals surface area contributed by atoms with Crippen molar-refractivity contribution in [1.82, 2.24) is 0 Å². The molecule has 28 heavy (non-hydrogen) atoms. The molecule has 1 fully saturated rings. The fourth-order valence-electron chi connectivity index (χ4n) is 2.98. The molecule has 3 rings (SSSR count). The number of ether oxygens (including phenoxy) is 3. The molecule has 5 nitrogen and oxygen atoms in total. The van der Waals surface area contributed by atoms with Crippen molar-refractivity contribution in [3.63, 3.8) is 0 Å². The summed E-state index contributed by atoms with van der Waals surface area (Å²) < 4.78 is 31.1. The molecule has 0 radical (unpaired) electrons. The molecule has 1 aliphatic heterocycles. The predicted molar refractivity (Wildman–Crippen MR) is 110 cm³/mol. The Morgan fingerprint density at radius 2 is 1.82 bits per heavy atom. The van der Waals surface area contributed by atoms with Gasteiger partial charge in [-0.1, -0.05) is 15.9 Å². The van der Waals surface area contributed by atoms with Crippen LogP contribution in [0.25, 0.3) is 6.08 Å². The average Bonchev–Trinajstić information content (AvgIpc) is 2.72. The van der Waals surface area contributed by atoms with Crippen LogP contribution in [0.4, 0.5) is 10.1 Å². The van der Waals surface area contributed by atoms with Crippen molar-refractivity contribution in [2.75, 3.05) is 45.4 Å². The quantitative estimate of drug-likeness (QED) is 0.484. The molecule has 0 atom stereocenters. The monoisotopic (exact) mass is 449 g/mol. The van der Waals surface area contributed by atoms with Crippen LogP contribution in [-0.2, 0) is 4.74 Å². The van der Waals surface area contributed by atoms with Gasteiger partial charge >= 0.3 is 0 Å². The van der Waals surface area contributed by atoms with Crippen LogP contribution < -0.4 is 14.4 Å². The number of benzene rings is 2. The molecule has 0 saturated carbocycles. The first kappa shape index (κ1) is 20.4. The summed E-state index contributed by atoms with van der Waals surface area (Å²) >= 11 is 3.45. The number of carbonyl (C=O) groups is 1. The van der Waals surface area contributed by atoms with E-state index in [1.165, 1.54) is 12.1 Å². The van der Waals surface area contributed by atoms with Gasteiger partial charge in [-0.25, -0.2) is 4.39 Å². The molecule has 0 spiro atoms. The van der Waals surface area contributed by atoms with Crippen molar-refractivity contribution in [2.45, 2.75) is 0 Å². The van der Waals surface area contributed by atoms with Crippen molar-refractivity contribution < 1.29 is 23.4 Å². The van der Waals surface area contributed by atoms with E-state index >= 15 is 0 Å². The van der Waals surface area contributed by atoms with E-state index in [1.807, 2.05) is 4.90 Å². The van der Waals surface area contributed by atoms with Crippen LogP contribution in [0.1, 0.15) is 15.9 Å². The molecule has 0 unspecified atom stereocenters. The lowest BCUT2D eigenvalue weighted by Crippen LogP contribution is -2.36. The molecule has 0 aromatic heterocycles. The maximum absolute atomic E-state index is 14.5. The van der Waals surface area contributed by atoms with Crippen molar-refractivity contribution >= 4 is 33.5 Å². The Kier molecular flexibility index (Phi) is 6.70. The van der Waals surface area contributed by atoms with Crippen molar-refractivity contribution in [3.8, 4) is 11.5 Å². The van der Waals surface area contributed by atoms with E-state index < -0.39 is 5.82 Å². The lowest BCUT2D eigenvalue weighted by atomic mass is 10.1. The van der Waals surface area contributed by atoms with Crippen molar-refractivity contribution in [1.29, 1.82) is 0 Å². The van der Waals surface area contributed by atoms with Gasteiger partial charge in [-0.15, -0.1) is 0 Å². The van der Waals surface area contributed by atoms with Gasteiger partial charge in [0, 0.05) is 23.1 Å². The summed E-state index contributed by atoms with van der Waals surface area (Å²) in [7, 11) is 3.10. The third kappa shape index (κ3) is 4.54. The Morgan fingerprint density at radius 3 is 2.46 bits per heavy atom. The number of rotatable bonds is 6. The number of methoxy groups -OCH3 is 2. The van der Waals surface area contributed by atoms with Gasteiger partial charge in [-0.2, -0.15) is 0 Å². The van der Waals surface area contributed by atoms with Crippen molar-refractivity contribution in [2.24, 2.45) is 0 Å². The Balaban J connectivity index is 1.78. The number of allylic oxidation sites excluding steroid dienone is 1. The second kappa shape index (κ2) is 9.21. The SMILES string of the molecule is COc1cc(Br)c(/C=C/C(=O)c2ccc(N3CCOCC3)c(F)c2)cc1OC. The largest absolute Gasteiger partial charge is 0.493 e. The summed E-state index contributed by atoms with van der Waals surface area (Å²) in [4.78, 5) is 14.4. The number of hydrogen-bond acceptors (Lipinski definition) is 5. The Hall–Kier alpha value is -2.38. The lowest BCUT2D eigenvalue weighted by molar-refractivity contribution is 0.104. The Labute approximate surface area is 171 Å². The molecule has 1 heterocycles. The highest BCUT2D eigenvalue weighted by Crippen LogP contribution is 2.34. The summed E-state index contributed by atoms with van der Waals surface area (Å²) in [5.41, 5.74) is 1.53. The lowest BCUT2D eigenvalue weighted by Gasteiger charge is -2.29. The first-order valence-electron chi connectivity index (χ1n) is 8.79. The molecule has 0 aliphatic carbocycles. The number of ketones is 1. The number of hydrogen-bond donors (Lipinski definition) is 0. The Bertz CT molecular complexity index is 894. The number of morpholine rings is 1. The van der Waals surface area contributed by atoms with Gasteiger partial charge < -0.3 is 19.1 Å². The molecule has 148 valence electrons. The summed E-state index contributed by atoms with van der Waals surface area (Å²) in [6.45, 7) is 2.42. The molecule has 0 bridgehead atoms. The minimum atomic E-state index is -0.409. The van der Waals surface area contributed by atoms with E-state index in [1.54, 1.807) is 44.6 Å². The molecule has 0 N–H and O–H groups in total. The van der Waals surface area contributed by atoms with Gasteiger partial charge in [0.05, 0.1) is 33.1 Å². The minimum absolute atomic E-state index is 0.283. The predicted octanol–water partition coefficient (Wildman–Crippen LogP) is 4.34. The summed E-state index contributed by atoms with van der Waals surface area (Å²) in [6, 6.07) is 8.09. The zero-order chi connectivity index (χ0) is 20.1. The second-order valence-corrected chi connectivity index (χ2v) is 7.05.